The van der Waals surface area contributed by atoms with Crippen LogP contribution >= 0.6 is 34.0 Å². The molecule has 1 N–H and O–H groups in total. The van der Waals surface area contributed by atoms with E-state index in [1.165, 1.54) is 25.1 Å². The third-order valence-electron chi connectivity index (χ3n) is 10.3. The van der Waals surface area contributed by atoms with Crippen molar-refractivity contribution in [2.24, 2.45) is 9.98 Å². The average Bonchev–Trinajstić information content (AvgIpc) is 4.21. The molecule has 0 amide bonds. The average molecular weight is 893 g/mol. The molecule has 0 radical (unpaired) electrons. The number of aliphatic imine (C=N–C) groups is 2. The molecule has 13 heteroatoms. The second-order valence-electron chi connectivity index (χ2n) is 14.6. The maximum Gasteiger partial charge on any atom is 0.186 e. The summed E-state index contributed by atoms with van der Waals surface area (Å²) in [4.78, 5) is 48.2. The zero-order chi connectivity index (χ0) is 43.4. The lowest BCUT2D eigenvalue weighted by Crippen LogP contribution is -2.36. The van der Waals surface area contributed by atoms with E-state index in [0.29, 0.717) is 57.5 Å². The maximum atomic E-state index is 5.11. The van der Waals surface area contributed by atoms with E-state index in [1.54, 1.807) is 47.5 Å². The maximum absolute atomic E-state index is 5.11. The summed E-state index contributed by atoms with van der Waals surface area (Å²) in [6.07, 6.45) is 6.30. The number of amidine groups is 2. The van der Waals surface area contributed by atoms with E-state index in [9.17, 15) is 0 Å². The molecule has 0 saturated heterocycles. The standard InChI is InChI=1S/C52H32N10S3/c1-5-23-53-39(11-1)49-57-47(58-50(61-49)40-12-2-6-24-54-40)36-29-34(30-37(31-36)48-59-51(41-13-3-7-25-55-41)62-52(60-48)42-14-4-8-26-56-42)18-17-33-19-21-35(22-20-33)46-38(43-15-9-27-63-43)32-45(65-46)44-16-10-28-64-44/h1-16,19-32,49H,(H,57,58,61). The summed E-state index contributed by atoms with van der Waals surface area (Å²) in [7, 11) is 0. The molecule has 1 aliphatic rings. The second-order valence-corrected chi connectivity index (χ2v) is 17.5. The fraction of sp³-hybridized carbons (Fsp3) is 0.0192. The molecule has 1 aliphatic heterocycles. The number of aromatic nitrogens is 7. The molecule has 308 valence electrons. The van der Waals surface area contributed by atoms with Crippen molar-refractivity contribution >= 4 is 45.7 Å². The number of thiophene rings is 3. The molecule has 65 heavy (non-hydrogen) atoms. The van der Waals surface area contributed by atoms with Crippen LogP contribution in [-0.4, -0.2) is 46.6 Å². The van der Waals surface area contributed by atoms with Crippen LogP contribution in [0.5, 0.6) is 0 Å². The fourth-order valence-corrected chi connectivity index (χ4v) is 10.0. The Kier molecular flexibility index (Phi) is 10.9. The van der Waals surface area contributed by atoms with Crippen LogP contribution in [-0.2, 0) is 0 Å². The van der Waals surface area contributed by atoms with Gasteiger partial charge in [0.1, 0.15) is 22.9 Å². The summed E-state index contributed by atoms with van der Waals surface area (Å²) in [6, 6.07) is 48.1. The Bertz CT molecular complexity index is 3320. The lowest BCUT2D eigenvalue weighted by molar-refractivity contribution is 0.726. The highest BCUT2D eigenvalue weighted by atomic mass is 32.1. The Labute approximate surface area is 386 Å². The summed E-state index contributed by atoms with van der Waals surface area (Å²) in [5, 5.41) is 7.73. The van der Waals surface area contributed by atoms with Crippen molar-refractivity contribution in [1.82, 2.24) is 40.2 Å². The molecule has 0 fully saturated rings. The smallest absolute Gasteiger partial charge is 0.186 e. The summed E-state index contributed by atoms with van der Waals surface area (Å²) in [5.74, 6) is 9.29. The Hall–Kier alpha value is -8.15. The number of rotatable bonds is 9. The Morgan fingerprint density at radius 3 is 1.68 bits per heavy atom. The zero-order valence-electron chi connectivity index (χ0n) is 34.1. The SMILES string of the molecule is C(#Cc1cc(C2=NC(c3ccccn3)N=C(c3ccccn3)N2)cc(-c2nc(-c3ccccn3)nc(-c3ccccn3)n2)c1)c1ccc(-c2sc(-c3cccs3)cc2-c2cccs2)cc1. The van der Waals surface area contributed by atoms with Gasteiger partial charge in [0, 0.05) is 72.1 Å². The number of hydrogen-bond acceptors (Lipinski definition) is 13. The van der Waals surface area contributed by atoms with E-state index in [2.05, 4.69) is 102 Å². The summed E-state index contributed by atoms with van der Waals surface area (Å²) in [5.41, 5.74) is 8.00. The molecule has 0 aliphatic carbocycles. The summed E-state index contributed by atoms with van der Waals surface area (Å²) >= 11 is 5.33. The Morgan fingerprint density at radius 1 is 0.446 bits per heavy atom. The lowest BCUT2D eigenvalue weighted by Gasteiger charge is -2.21. The number of nitrogens with one attached hydrogen (secondary N) is 1. The van der Waals surface area contributed by atoms with Gasteiger partial charge in [-0.25, -0.2) is 24.9 Å². The van der Waals surface area contributed by atoms with Gasteiger partial charge in [0.2, 0.25) is 0 Å². The first-order chi connectivity index (χ1) is 32.2. The van der Waals surface area contributed by atoms with E-state index < -0.39 is 6.17 Å². The number of nitrogens with zero attached hydrogens (tertiary/aromatic N) is 9. The van der Waals surface area contributed by atoms with E-state index in [1.807, 2.05) is 102 Å². The largest absolute Gasteiger partial charge is 0.323 e. The quantitative estimate of drug-likeness (QED) is 0.142. The van der Waals surface area contributed by atoms with Gasteiger partial charge in [-0.1, -0.05) is 60.4 Å². The molecule has 10 nitrogen and oxygen atoms in total. The van der Waals surface area contributed by atoms with Gasteiger partial charge in [-0.2, -0.15) is 0 Å². The van der Waals surface area contributed by atoms with Crippen LogP contribution in [0.25, 0.3) is 65.1 Å². The van der Waals surface area contributed by atoms with E-state index in [-0.39, 0.29) is 0 Å². The monoisotopic (exact) mass is 892 g/mol. The van der Waals surface area contributed by atoms with Gasteiger partial charge in [-0.15, -0.1) is 34.0 Å². The first-order valence-electron chi connectivity index (χ1n) is 20.5. The highest BCUT2D eigenvalue weighted by Crippen LogP contribution is 2.45. The molecule has 10 aromatic rings. The van der Waals surface area contributed by atoms with Gasteiger partial charge >= 0.3 is 0 Å². The fourth-order valence-electron chi connectivity index (χ4n) is 7.19. The predicted octanol–water partition coefficient (Wildman–Crippen LogP) is 11.5. The molecule has 2 aromatic carbocycles. The minimum absolute atomic E-state index is 0.415. The number of hydrogen-bond donors (Lipinski definition) is 1. The first-order valence-corrected chi connectivity index (χ1v) is 23.1. The number of pyridine rings is 4. The van der Waals surface area contributed by atoms with Crippen LogP contribution in [0.1, 0.15) is 34.2 Å². The minimum Gasteiger partial charge on any atom is -0.323 e. The molecular formula is C52H32N10S3. The summed E-state index contributed by atoms with van der Waals surface area (Å²) < 4.78 is 0. The Balaban J connectivity index is 1.02. The molecule has 1 atom stereocenters. The van der Waals surface area contributed by atoms with Crippen LogP contribution < -0.4 is 5.32 Å². The van der Waals surface area contributed by atoms with Crippen molar-refractivity contribution in [1.29, 1.82) is 0 Å². The van der Waals surface area contributed by atoms with Crippen molar-refractivity contribution in [3.63, 3.8) is 0 Å². The Morgan fingerprint density at radius 2 is 1.05 bits per heavy atom. The van der Waals surface area contributed by atoms with Crippen LogP contribution in [0.2, 0.25) is 0 Å². The topological polar surface area (TPSA) is 127 Å². The third-order valence-corrected chi connectivity index (χ3v) is 13.4. The predicted molar refractivity (Wildman–Crippen MR) is 262 cm³/mol. The van der Waals surface area contributed by atoms with Crippen molar-refractivity contribution in [2.45, 2.75) is 6.17 Å². The van der Waals surface area contributed by atoms with Crippen molar-refractivity contribution in [3.8, 4) is 76.9 Å². The van der Waals surface area contributed by atoms with E-state index in [4.69, 9.17) is 24.9 Å². The first kappa shape index (κ1) is 39.7. The van der Waals surface area contributed by atoms with Gasteiger partial charge in [-0.3, -0.25) is 19.9 Å². The molecule has 1 unspecified atom stereocenters. The molecule has 0 spiro atoms. The number of benzene rings is 2. The molecule has 0 saturated carbocycles. The molecule has 8 aromatic heterocycles. The van der Waals surface area contributed by atoms with Crippen LogP contribution in [0.3, 0.4) is 0 Å². The van der Waals surface area contributed by atoms with Gasteiger partial charge in [0.05, 0.1) is 5.69 Å². The lowest BCUT2D eigenvalue weighted by atomic mass is 10.0. The van der Waals surface area contributed by atoms with Gasteiger partial charge < -0.3 is 5.32 Å². The molecule has 0 bridgehead atoms. The molecule has 9 heterocycles. The van der Waals surface area contributed by atoms with Crippen LogP contribution in [0.15, 0.2) is 191 Å². The van der Waals surface area contributed by atoms with Crippen molar-refractivity contribution in [2.75, 3.05) is 0 Å². The van der Waals surface area contributed by atoms with E-state index >= 15 is 0 Å². The summed E-state index contributed by atoms with van der Waals surface area (Å²) in [6.45, 7) is 0. The second kappa shape index (κ2) is 17.9. The highest BCUT2D eigenvalue weighted by Gasteiger charge is 2.24. The molecule has 11 rings (SSSR count). The minimum atomic E-state index is -0.630. The van der Waals surface area contributed by atoms with Crippen LogP contribution in [0.4, 0.5) is 0 Å². The third kappa shape index (κ3) is 8.65. The van der Waals surface area contributed by atoms with Gasteiger partial charge in [-0.05, 0) is 113 Å². The molecular weight excluding hydrogens is 861 g/mol. The van der Waals surface area contributed by atoms with Crippen molar-refractivity contribution in [3.05, 3.63) is 209 Å². The zero-order valence-corrected chi connectivity index (χ0v) is 36.6. The normalized spacial score (nSPS) is 13.3. The van der Waals surface area contributed by atoms with Gasteiger partial charge in [0.25, 0.3) is 0 Å². The van der Waals surface area contributed by atoms with Crippen LogP contribution in [0, 0.1) is 11.8 Å². The van der Waals surface area contributed by atoms with Crippen molar-refractivity contribution < 1.29 is 0 Å². The van der Waals surface area contributed by atoms with E-state index in [0.717, 1.165) is 22.3 Å². The highest BCUT2D eigenvalue weighted by molar-refractivity contribution is 7.24. The van der Waals surface area contributed by atoms with Gasteiger partial charge in [0.15, 0.2) is 29.5 Å².